The minimum atomic E-state index is -0.166. The third kappa shape index (κ3) is 5.52. The van der Waals surface area contributed by atoms with Gasteiger partial charge in [-0.15, -0.1) is 0 Å². The van der Waals surface area contributed by atoms with Crippen LogP contribution in [0, 0.1) is 0 Å². The van der Waals surface area contributed by atoms with Crippen LogP contribution in [0.25, 0.3) is 0 Å². The zero-order valence-corrected chi connectivity index (χ0v) is 14.7. The molecule has 134 valence electrons. The monoisotopic (exact) mass is 358 g/mol. The van der Waals surface area contributed by atoms with E-state index in [-0.39, 0.29) is 12.5 Å². The Kier molecular flexibility index (Phi) is 7.58. The maximum absolute atomic E-state index is 12.3. The topological polar surface area (TPSA) is 69.3 Å². The molecule has 1 amide bonds. The summed E-state index contributed by atoms with van der Waals surface area (Å²) >= 11 is 6.21. The van der Waals surface area contributed by atoms with Gasteiger partial charge in [-0.25, -0.2) is 0 Å². The van der Waals surface area contributed by atoms with E-state index in [0.29, 0.717) is 61.7 Å². The van der Waals surface area contributed by atoms with Crippen molar-refractivity contribution in [2.45, 2.75) is 0 Å². The molecule has 24 heavy (non-hydrogen) atoms. The Morgan fingerprint density at radius 2 is 1.75 bits per heavy atom. The van der Waals surface area contributed by atoms with Gasteiger partial charge in [0.05, 0.1) is 30.5 Å². The molecule has 0 saturated heterocycles. The van der Waals surface area contributed by atoms with E-state index in [1.165, 1.54) is 0 Å². The number of nitrogens with one attached hydrogen (secondary N) is 1. The minimum Gasteiger partial charge on any atom is -0.486 e. The smallest absolute Gasteiger partial charge is 0.238 e. The number of methoxy groups -OCH3 is 2. The number of ether oxygens (including phenoxy) is 4. The number of carbonyl (C=O) groups excluding carboxylic acids is 1. The molecule has 1 N–H and O–H groups in total. The highest BCUT2D eigenvalue weighted by molar-refractivity contribution is 6.34. The fraction of sp³-hybridized carbons (Fsp3) is 0.562. The number of hydrogen-bond donors (Lipinski definition) is 1. The molecule has 0 radical (unpaired) electrons. The molecule has 1 aromatic rings. The minimum absolute atomic E-state index is 0.166. The van der Waals surface area contributed by atoms with Gasteiger partial charge in [-0.2, -0.15) is 0 Å². The van der Waals surface area contributed by atoms with Crippen molar-refractivity contribution in [1.82, 2.24) is 4.90 Å². The van der Waals surface area contributed by atoms with Gasteiger partial charge in [0.1, 0.15) is 13.2 Å². The molecule has 0 bridgehead atoms. The van der Waals surface area contributed by atoms with Crippen LogP contribution in [-0.4, -0.2) is 71.1 Å². The standard InChI is InChI=1S/C16H23ClN2O5/c1-21-5-3-19(4-6-22-2)11-16(20)18-13-10-15-14(9-12(13)17)23-7-8-24-15/h9-10H,3-8,11H2,1-2H3,(H,18,20). The molecule has 0 spiro atoms. The Hall–Kier alpha value is -1.54. The van der Waals surface area contributed by atoms with Gasteiger partial charge in [0.2, 0.25) is 5.91 Å². The van der Waals surface area contributed by atoms with E-state index in [4.69, 9.17) is 30.5 Å². The quantitative estimate of drug-likeness (QED) is 0.723. The second-order valence-corrected chi connectivity index (χ2v) is 5.69. The maximum atomic E-state index is 12.3. The Bertz CT molecular complexity index is 548. The predicted octanol–water partition coefficient (Wildman–Crippen LogP) is 1.64. The molecule has 1 aliphatic rings. The van der Waals surface area contributed by atoms with Gasteiger partial charge in [-0.3, -0.25) is 9.69 Å². The first-order chi connectivity index (χ1) is 11.6. The van der Waals surface area contributed by atoms with E-state index in [0.717, 1.165) is 0 Å². The Labute approximate surface area is 146 Å². The van der Waals surface area contributed by atoms with E-state index in [1.807, 2.05) is 4.90 Å². The lowest BCUT2D eigenvalue weighted by molar-refractivity contribution is -0.117. The number of benzene rings is 1. The van der Waals surface area contributed by atoms with Crippen molar-refractivity contribution < 1.29 is 23.7 Å². The fourth-order valence-electron chi connectivity index (χ4n) is 2.26. The zero-order valence-electron chi connectivity index (χ0n) is 14.0. The summed E-state index contributed by atoms with van der Waals surface area (Å²) in [6, 6.07) is 3.34. The van der Waals surface area contributed by atoms with Crippen LogP contribution in [0.1, 0.15) is 0 Å². The van der Waals surface area contributed by atoms with Crippen molar-refractivity contribution in [2.75, 3.05) is 65.6 Å². The number of amides is 1. The Balaban J connectivity index is 1.97. The van der Waals surface area contributed by atoms with Crippen molar-refractivity contribution in [2.24, 2.45) is 0 Å². The first-order valence-corrected chi connectivity index (χ1v) is 8.11. The number of hydrogen-bond acceptors (Lipinski definition) is 6. The van der Waals surface area contributed by atoms with Gasteiger partial charge < -0.3 is 24.3 Å². The lowest BCUT2D eigenvalue weighted by Crippen LogP contribution is -2.37. The first-order valence-electron chi connectivity index (χ1n) is 7.73. The summed E-state index contributed by atoms with van der Waals surface area (Å²) in [4.78, 5) is 14.3. The number of anilines is 1. The van der Waals surface area contributed by atoms with Crippen LogP contribution in [0.3, 0.4) is 0 Å². The van der Waals surface area contributed by atoms with E-state index in [2.05, 4.69) is 5.32 Å². The lowest BCUT2D eigenvalue weighted by Gasteiger charge is -2.22. The van der Waals surface area contributed by atoms with Gasteiger partial charge in [-0.1, -0.05) is 11.6 Å². The lowest BCUT2D eigenvalue weighted by atomic mass is 10.2. The summed E-state index contributed by atoms with van der Waals surface area (Å²) in [6.45, 7) is 3.55. The van der Waals surface area contributed by atoms with Crippen molar-refractivity contribution in [3.8, 4) is 11.5 Å². The maximum Gasteiger partial charge on any atom is 0.238 e. The predicted molar refractivity (Wildman–Crippen MR) is 91.3 cm³/mol. The molecular weight excluding hydrogens is 336 g/mol. The van der Waals surface area contributed by atoms with Gasteiger partial charge in [0.25, 0.3) is 0 Å². The van der Waals surface area contributed by atoms with Crippen LogP contribution < -0.4 is 14.8 Å². The summed E-state index contributed by atoms with van der Waals surface area (Å²) in [5, 5.41) is 3.22. The van der Waals surface area contributed by atoms with E-state index >= 15 is 0 Å². The van der Waals surface area contributed by atoms with Crippen LogP contribution >= 0.6 is 11.6 Å². The fourth-order valence-corrected chi connectivity index (χ4v) is 2.46. The molecule has 0 atom stereocenters. The zero-order chi connectivity index (χ0) is 17.4. The molecule has 0 unspecified atom stereocenters. The molecule has 0 aliphatic carbocycles. The SMILES string of the molecule is COCCN(CCOC)CC(=O)Nc1cc2c(cc1Cl)OCCO2. The molecule has 1 aromatic carbocycles. The summed E-state index contributed by atoms with van der Waals surface area (Å²) in [5.74, 6) is 1.00. The van der Waals surface area contributed by atoms with Crippen molar-refractivity contribution in [3.05, 3.63) is 17.2 Å². The molecular formula is C16H23ClN2O5. The highest BCUT2D eigenvalue weighted by Gasteiger charge is 2.17. The third-order valence-corrected chi connectivity index (χ3v) is 3.81. The second kappa shape index (κ2) is 9.68. The molecule has 8 heteroatoms. The van der Waals surface area contributed by atoms with Crippen molar-refractivity contribution >= 4 is 23.2 Å². The Morgan fingerprint density at radius 3 is 2.33 bits per heavy atom. The summed E-state index contributed by atoms with van der Waals surface area (Å²) in [5.41, 5.74) is 0.504. The van der Waals surface area contributed by atoms with Gasteiger partial charge in [0, 0.05) is 39.4 Å². The highest BCUT2D eigenvalue weighted by atomic mass is 35.5. The van der Waals surface area contributed by atoms with Gasteiger partial charge in [-0.05, 0) is 0 Å². The van der Waals surface area contributed by atoms with Crippen molar-refractivity contribution in [3.63, 3.8) is 0 Å². The molecule has 0 saturated carbocycles. The number of nitrogens with zero attached hydrogens (tertiary/aromatic N) is 1. The number of halogens is 1. The number of carbonyl (C=O) groups is 1. The summed E-state index contributed by atoms with van der Waals surface area (Å²) in [6.07, 6.45) is 0. The number of fused-ring (bicyclic) bond motifs is 1. The van der Waals surface area contributed by atoms with Crippen LogP contribution in [0.4, 0.5) is 5.69 Å². The van der Waals surface area contributed by atoms with Crippen LogP contribution in [0.5, 0.6) is 11.5 Å². The van der Waals surface area contributed by atoms with E-state index < -0.39 is 0 Å². The summed E-state index contributed by atoms with van der Waals surface area (Å²) in [7, 11) is 3.26. The van der Waals surface area contributed by atoms with E-state index in [9.17, 15) is 4.79 Å². The normalized spacial score (nSPS) is 13.2. The Morgan fingerprint density at radius 1 is 1.17 bits per heavy atom. The summed E-state index contributed by atoms with van der Waals surface area (Å²) < 4.78 is 21.1. The molecule has 0 fully saturated rings. The molecule has 7 nitrogen and oxygen atoms in total. The molecule has 1 heterocycles. The molecule has 0 aromatic heterocycles. The number of rotatable bonds is 9. The van der Waals surface area contributed by atoms with E-state index in [1.54, 1.807) is 26.4 Å². The third-order valence-electron chi connectivity index (χ3n) is 3.50. The highest BCUT2D eigenvalue weighted by Crippen LogP contribution is 2.37. The first kappa shape index (κ1) is 18.8. The molecule has 1 aliphatic heterocycles. The average molecular weight is 359 g/mol. The molecule has 2 rings (SSSR count). The second-order valence-electron chi connectivity index (χ2n) is 5.29. The average Bonchev–Trinajstić information content (AvgIpc) is 2.58. The van der Waals surface area contributed by atoms with Crippen LogP contribution in [-0.2, 0) is 14.3 Å². The van der Waals surface area contributed by atoms with Gasteiger partial charge >= 0.3 is 0 Å². The van der Waals surface area contributed by atoms with Gasteiger partial charge in [0.15, 0.2) is 11.5 Å². The van der Waals surface area contributed by atoms with Crippen molar-refractivity contribution in [1.29, 1.82) is 0 Å². The largest absolute Gasteiger partial charge is 0.486 e. The van der Waals surface area contributed by atoms with Crippen LogP contribution in [0.2, 0.25) is 5.02 Å². The van der Waals surface area contributed by atoms with Crippen LogP contribution in [0.15, 0.2) is 12.1 Å².